The SMILES string of the molecule is CCCN(CCC(=O)N(CCc1ccccc1)Cc1ccccc1)C(=O)Nc1ccccc1Br. The van der Waals surface area contributed by atoms with E-state index in [1.807, 2.05) is 84.6 Å². The summed E-state index contributed by atoms with van der Waals surface area (Å²) in [5.74, 6) is 0.0505. The van der Waals surface area contributed by atoms with Crippen LogP contribution in [0.15, 0.2) is 89.4 Å². The summed E-state index contributed by atoms with van der Waals surface area (Å²) < 4.78 is 0.825. The molecule has 34 heavy (non-hydrogen) atoms. The monoisotopic (exact) mass is 521 g/mol. The van der Waals surface area contributed by atoms with Gasteiger partial charge in [-0.25, -0.2) is 4.79 Å². The van der Waals surface area contributed by atoms with Crippen molar-refractivity contribution in [2.75, 3.05) is 25.0 Å². The van der Waals surface area contributed by atoms with E-state index >= 15 is 0 Å². The summed E-state index contributed by atoms with van der Waals surface area (Å²) in [5, 5.41) is 2.95. The minimum atomic E-state index is -0.194. The van der Waals surface area contributed by atoms with E-state index in [1.165, 1.54) is 5.56 Å². The summed E-state index contributed by atoms with van der Waals surface area (Å²) in [6.45, 7) is 4.19. The van der Waals surface area contributed by atoms with Crippen LogP contribution < -0.4 is 5.32 Å². The van der Waals surface area contributed by atoms with E-state index in [0.717, 1.165) is 22.9 Å². The Morgan fingerprint density at radius 3 is 2.03 bits per heavy atom. The maximum atomic E-state index is 13.3. The number of para-hydroxylation sites is 1. The molecule has 0 saturated carbocycles. The number of amides is 3. The minimum Gasteiger partial charge on any atom is -0.338 e. The molecule has 0 spiro atoms. The Hall–Kier alpha value is -3.12. The molecule has 0 bridgehead atoms. The minimum absolute atomic E-state index is 0.0505. The Morgan fingerprint density at radius 1 is 0.765 bits per heavy atom. The first-order chi connectivity index (χ1) is 16.6. The summed E-state index contributed by atoms with van der Waals surface area (Å²) in [5.41, 5.74) is 3.02. The van der Waals surface area contributed by atoms with Crippen molar-refractivity contribution >= 4 is 33.6 Å². The number of hydrogen-bond donors (Lipinski definition) is 1. The highest BCUT2D eigenvalue weighted by Gasteiger charge is 2.19. The lowest BCUT2D eigenvalue weighted by atomic mass is 10.1. The molecule has 0 heterocycles. The molecule has 3 rings (SSSR count). The molecule has 0 unspecified atom stereocenters. The molecule has 5 nitrogen and oxygen atoms in total. The van der Waals surface area contributed by atoms with Crippen LogP contribution in [-0.4, -0.2) is 41.4 Å². The molecule has 0 aliphatic carbocycles. The number of halogens is 1. The third-order valence-electron chi connectivity index (χ3n) is 5.57. The van der Waals surface area contributed by atoms with Crippen molar-refractivity contribution in [1.29, 1.82) is 0 Å². The number of hydrogen-bond acceptors (Lipinski definition) is 2. The van der Waals surface area contributed by atoms with Crippen LogP contribution in [0.3, 0.4) is 0 Å². The van der Waals surface area contributed by atoms with Crippen LogP contribution >= 0.6 is 15.9 Å². The van der Waals surface area contributed by atoms with Crippen molar-refractivity contribution in [3.63, 3.8) is 0 Å². The predicted molar refractivity (Wildman–Crippen MR) is 142 cm³/mol. The lowest BCUT2D eigenvalue weighted by Crippen LogP contribution is -2.40. The lowest BCUT2D eigenvalue weighted by molar-refractivity contribution is -0.132. The quantitative estimate of drug-likeness (QED) is 0.319. The molecule has 0 saturated heterocycles. The average molecular weight is 522 g/mol. The number of urea groups is 1. The van der Waals surface area contributed by atoms with E-state index in [2.05, 4.69) is 33.4 Å². The second-order valence-electron chi connectivity index (χ2n) is 8.18. The molecule has 0 aromatic heterocycles. The molecule has 0 aliphatic heterocycles. The fourth-order valence-electron chi connectivity index (χ4n) is 3.73. The predicted octanol–water partition coefficient (Wildman–Crippen LogP) is 6.35. The molecule has 0 atom stereocenters. The van der Waals surface area contributed by atoms with E-state index in [4.69, 9.17) is 0 Å². The lowest BCUT2D eigenvalue weighted by Gasteiger charge is -2.26. The zero-order valence-electron chi connectivity index (χ0n) is 19.6. The third-order valence-corrected chi connectivity index (χ3v) is 6.27. The molecular formula is C28H32BrN3O2. The van der Waals surface area contributed by atoms with Gasteiger partial charge in [-0.3, -0.25) is 4.79 Å². The Labute approximate surface area is 210 Å². The molecule has 1 N–H and O–H groups in total. The van der Waals surface area contributed by atoms with Gasteiger partial charge in [0, 0.05) is 37.1 Å². The molecule has 0 fully saturated rings. The topological polar surface area (TPSA) is 52.7 Å². The zero-order chi connectivity index (χ0) is 24.2. The van der Waals surface area contributed by atoms with Gasteiger partial charge in [-0.1, -0.05) is 79.7 Å². The molecule has 3 aromatic rings. The van der Waals surface area contributed by atoms with E-state index in [0.29, 0.717) is 31.9 Å². The van der Waals surface area contributed by atoms with Gasteiger partial charge in [0.2, 0.25) is 5.91 Å². The molecular weight excluding hydrogens is 490 g/mol. The Bertz CT molecular complexity index is 1040. The number of benzene rings is 3. The highest BCUT2D eigenvalue weighted by atomic mass is 79.9. The first kappa shape index (κ1) is 25.5. The van der Waals surface area contributed by atoms with Crippen LogP contribution in [0.2, 0.25) is 0 Å². The molecule has 0 aliphatic rings. The second kappa shape index (κ2) is 13.6. The van der Waals surface area contributed by atoms with Crippen molar-refractivity contribution in [3.05, 3.63) is 101 Å². The van der Waals surface area contributed by atoms with Crippen molar-refractivity contribution in [2.24, 2.45) is 0 Å². The van der Waals surface area contributed by atoms with Crippen molar-refractivity contribution in [3.8, 4) is 0 Å². The summed E-state index contributed by atoms with van der Waals surface area (Å²) in [6.07, 6.45) is 1.89. The van der Waals surface area contributed by atoms with Crippen molar-refractivity contribution in [2.45, 2.75) is 32.7 Å². The van der Waals surface area contributed by atoms with E-state index < -0.39 is 0 Å². The van der Waals surface area contributed by atoms with Gasteiger partial charge in [-0.2, -0.15) is 0 Å². The molecule has 3 aromatic carbocycles. The van der Waals surface area contributed by atoms with Crippen LogP contribution in [-0.2, 0) is 17.8 Å². The van der Waals surface area contributed by atoms with Gasteiger partial charge in [0.25, 0.3) is 0 Å². The van der Waals surface area contributed by atoms with Gasteiger partial charge in [0.1, 0.15) is 0 Å². The van der Waals surface area contributed by atoms with Crippen LogP contribution in [0.4, 0.5) is 10.5 Å². The molecule has 178 valence electrons. The number of anilines is 1. The third kappa shape index (κ3) is 8.03. The average Bonchev–Trinajstić information content (AvgIpc) is 2.86. The smallest absolute Gasteiger partial charge is 0.321 e. The maximum absolute atomic E-state index is 13.3. The number of carbonyl (C=O) groups excluding carboxylic acids is 2. The highest BCUT2D eigenvalue weighted by Crippen LogP contribution is 2.21. The van der Waals surface area contributed by atoms with Crippen molar-refractivity contribution < 1.29 is 9.59 Å². The van der Waals surface area contributed by atoms with Gasteiger partial charge in [0.05, 0.1) is 5.69 Å². The zero-order valence-corrected chi connectivity index (χ0v) is 21.2. The fraction of sp³-hybridized carbons (Fsp3) is 0.286. The summed E-state index contributed by atoms with van der Waals surface area (Å²) in [7, 11) is 0. The van der Waals surface area contributed by atoms with Crippen LogP contribution in [0.5, 0.6) is 0 Å². The molecule has 0 radical (unpaired) electrons. The Morgan fingerprint density at radius 2 is 1.38 bits per heavy atom. The first-order valence-electron chi connectivity index (χ1n) is 11.7. The second-order valence-corrected chi connectivity index (χ2v) is 9.04. The van der Waals surface area contributed by atoms with E-state index in [9.17, 15) is 9.59 Å². The standard InChI is InChI=1S/C28H32BrN3O2/c1-2-19-31(28(34)30-26-16-10-9-15-25(26)29)21-18-27(33)32(22-24-13-7-4-8-14-24)20-17-23-11-5-3-6-12-23/h3-16H,2,17-22H2,1H3,(H,30,34). The maximum Gasteiger partial charge on any atom is 0.321 e. The van der Waals surface area contributed by atoms with Crippen LogP contribution in [0, 0.1) is 0 Å². The van der Waals surface area contributed by atoms with Gasteiger partial charge in [-0.15, -0.1) is 0 Å². The summed E-state index contributed by atoms with van der Waals surface area (Å²) in [6, 6.07) is 27.6. The fourth-order valence-corrected chi connectivity index (χ4v) is 4.12. The number of carbonyl (C=O) groups is 2. The molecule has 3 amide bonds. The highest BCUT2D eigenvalue weighted by molar-refractivity contribution is 9.10. The Kier molecular flexibility index (Phi) is 10.2. The van der Waals surface area contributed by atoms with Gasteiger partial charge >= 0.3 is 6.03 Å². The van der Waals surface area contributed by atoms with E-state index in [1.54, 1.807) is 4.90 Å². The van der Waals surface area contributed by atoms with E-state index in [-0.39, 0.29) is 18.4 Å². The van der Waals surface area contributed by atoms with Gasteiger partial charge in [-0.05, 0) is 52.0 Å². The first-order valence-corrected chi connectivity index (χ1v) is 12.5. The van der Waals surface area contributed by atoms with Crippen LogP contribution in [0.1, 0.15) is 30.9 Å². The van der Waals surface area contributed by atoms with Gasteiger partial charge < -0.3 is 15.1 Å². The largest absolute Gasteiger partial charge is 0.338 e. The summed E-state index contributed by atoms with van der Waals surface area (Å²) >= 11 is 3.47. The normalized spacial score (nSPS) is 10.5. The Balaban J connectivity index is 1.64. The van der Waals surface area contributed by atoms with Gasteiger partial charge in [0.15, 0.2) is 0 Å². The number of nitrogens with zero attached hydrogens (tertiary/aromatic N) is 2. The number of nitrogens with one attached hydrogen (secondary N) is 1. The molecule has 6 heteroatoms. The summed E-state index contributed by atoms with van der Waals surface area (Å²) in [4.78, 5) is 29.8. The number of rotatable bonds is 11. The van der Waals surface area contributed by atoms with Crippen molar-refractivity contribution in [1.82, 2.24) is 9.80 Å². The van der Waals surface area contributed by atoms with Crippen LogP contribution in [0.25, 0.3) is 0 Å².